The van der Waals surface area contributed by atoms with E-state index in [1.807, 2.05) is 6.92 Å². The summed E-state index contributed by atoms with van der Waals surface area (Å²) in [7, 11) is 0. The number of nitrogens with zero attached hydrogens (tertiary/aromatic N) is 2. The smallest absolute Gasteiger partial charge is 0.160 e. The maximum Gasteiger partial charge on any atom is 0.160 e. The maximum absolute atomic E-state index is 14.3. The zero-order chi connectivity index (χ0) is 16.6. The van der Waals surface area contributed by atoms with Crippen LogP contribution in [0.3, 0.4) is 0 Å². The van der Waals surface area contributed by atoms with Gasteiger partial charge in [-0.3, -0.25) is 0 Å². The lowest BCUT2D eigenvalue weighted by Gasteiger charge is -2.31. The van der Waals surface area contributed by atoms with Crippen LogP contribution < -0.4 is 0 Å². The van der Waals surface area contributed by atoms with Gasteiger partial charge in [0.25, 0.3) is 0 Å². The van der Waals surface area contributed by atoms with Crippen LogP contribution in [0.1, 0.15) is 49.8 Å². The standard InChI is InChI=1S/C18H19ClF2N2/c1-10-6-3-4-7-12(10)15-11(2)22-23-18(19)17(15)16-13(20)8-5-9-14(16)21/h5,8-10,12H,3-4,6-7H2,1-2H3. The summed E-state index contributed by atoms with van der Waals surface area (Å²) in [5, 5.41) is 8.07. The third-order valence-electron chi connectivity index (χ3n) is 4.85. The summed E-state index contributed by atoms with van der Waals surface area (Å²) < 4.78 is 28.7. The molecule has 1 aliphatic carbocycles. The number of rotatable bonds is 2. The van der Waals surface area contributed by atoms with Crippen molar-refractivity contribution in [3.8, 4) is 11.1 Å². The molecule has 5 heteroatoms. The SMILES string of the molecule is Cc1nnc(Cl)c(-c2c(F)cccc2F)c1C1CCCCC1C. The van der Waals surface area contributed by atoms with E-state index in [0.29, 0.717) is 17.2 Å². The predicted octanol–water partition coefficient (Wildman–Crippen LogP) is 5.68. The van der Waals surface area contributed by atoms with Crippen molar-refractivity contribution in [3.63, 3.8) is 0 Å². The Morgan fingerprint density at radius 1 is 1.04 bits per heavy atom. The minimum absolute atomic E-state index is 0.0624. The summed E-state index contributed by atoms with van der Waals surface area (Å²) in [6.07, 6.45) is 4.37. The van der Waals surface area contributed by atoms with Crippen LogP contribution in [0.15, 0.2) is 18.2 Å². The average Bonchev–Trinajstić information content (AvgIpc) is 2.51. The molecule has 2 aromatic rings. The molecule has 0 bridgehead atoms. The lowest BCUT2D eigenvalue weighted by molar-refractivity contribution is 0.329. The van der Waals surface area contributed by atoms with E-state index in [1.165, 1.54) is 24.6 Å². The van der Waals surface area contributed by atoms with Crippen molar-refractivity contribution < 1.29 is 8.78 Å². The first kappa shape index (κ1) is 16.3. The highest BCUT2D eigenvalue weighted by atomic mass is 35.5. The maximum atomic E-state index is 14.3. The molecule has 2 nitrogen and oxygen atoms in total. The molecule has 0 saturated heterocycles. The summed E-state index contributed by atoms with van der Waals surface area (Å²) in [6.45, 7) is 4.02. The van der Waals surface area contributed by atoms with Crippen molar-refractivity contribution in [1.82, 2.24) is 10.2 Å². The van der Waals surface area contributed by atoms with Gasteiger partial charge in [0.05, 0.1) is 11.3 Å². The molecule has 0 radical (unpaired) electrons. The quantitative estimate of drug-likeness (QED) is 0.705. The average molecular weight is 337 g/mol. The number of aryl methyl sites for hydroxylation is 1. The predicted molar refractivity (Wildman–Crippen MR) is 87.5 cm³/mol. The molecule has 1 aromatic carbocycles. The van der Waals surface area contributed by atoms with E-state index in [0.717, 1.165) is 24.8 Å². The monoisotopic (exact) mass is 336 g/mol. The van der Waals surface area contributed by atoms with Crippen molar-refractivity contribution >= 4 is 11.6 Å². The molecule has 122 valence electrons. The van der Waals surface area contributed by atoms with Gasteiger partial charge in [0, 0.05) is 5.56 Å². The third kappa shape index (κ3) is 2.97. The highest BCUT2D eigenvalue weighted by Crippen LogP contribution is 2.45. The van der Waals surface area contributed by atoms with Gasteiger partial charge in [-0.2, -0.15) is 5.10 Å². The lowest BCUT2D eigenvalue weighted by atomic mass is 9.74. The fourth-order valence-corrected chi connectivity index (χ4v) is 3.92. The van der Waals surface area contributed by atoms with Crippen LogP contribution in [0, 0.1) is 24.5 Å². The highest BCUT2D eigenvalue weighted by Gasteiger charge is 2.30. The lowest BCUT2D eigenvalue weighted by Crippen LogP contribution is -2.18. The van der Waals surface area contributed by atoms with Gasteiger partial charge in [0.2, 0.25) is 0 Å². The Morgan fingerprint density at radius 2 is 1.70 bits per heavy atom. The van der Waals surface area contributed by atoms with Crippen molar-refractivity contribution in [2.45, 2.75) is 45.4 Å². The van der Waals surface area contributed by atoms with Crippen LogP contribution in [0.2, 0.25) is 5.15 Å². The fraction of sp³-hybridized carbons (Fsp3) is 0.444. The van der Waals surface area contributed by atoms with Crippen LogP contribution in [0.25, 0.3) is 11.1 Å². The molecule has 3 rings (SSSR count). The third-order valence-corrected chi connectivity index (χ3v) is 5.11. The minimum atomic E-state index is -0.621. The molecule has 0 amide bonds. The van der Waals surface area contributed by atoms with E-state index in [-0.39, 0.29) is 16.6 Å². The van der Waals surface area contributed by atoms with Crippen molar-refractivity contribution in [1.29, 1.82) is 0 Å². The Hall–Kier alpha value is -1.55. The molecule has 0 spiro atoms. The van der Waals surface area contributed by atoms with Crippen LogP contribution in [0.4, 0.5) is 8.78 Å². The van der Waals surface area contributed by atoms with Gasteiger partial charge >= 0.3 is 0 Å². The number of aromatic nitrogens is 2. The molecular formula is C18H19ClF2N2. The summed E-state index contributed by atoms with van der Waals surface area (Å²) in [6, 6.07) is 3.85. The van der Waals surface area contributed by atoms with Gasteiger partial charge in [0.15, 0.2) is 5.15 Å². The van der Waals surface area contributed by atoms with Crippen molar-refractivity contribution in [2.75, 3.05) is 0 Å². The molecule has 1 saturated carbocycles. The second-order valence-electron chi connectivity index (χ2n) is 6.33. The Labute approximate surface area is 139 Å². The zero-order valence-corrected chi connectivity index (χ0v) is 14.0. The van der Waals surface area contributed by atoms with Crippen LogP contribution >= 0.6 is 11.6 Å². The molecule has 23 heavy (non-hydrogen) atoms. The van der Waals surface area contributed by atoms with E-state index < -0.39 is 11.6 Å². The fourth-order valence-electron chi connectivity index (χ4n) is 3.69. The minimum Gasteiger partial charge on any atom is -0.206 e. The van der Waals surface area contributed by atoms with Gasteiger partial charge in [-0.15, -0.1) is 5.10 Å². The number of benzene rings is 1. The molecule has 2 atom stereocenters. The van der Waals surface area contributed by atoms with Gasteiger partial charge < -0.3 is 0 Å². The number of hydrogen-bond donors (Lipinski definition) is 0. The van der Waals surface area contributed by atoms with Crippen LogP contribution in [-0.2, 0) is 0 Å². The van der Waals surface area contributed by atoms with Crippen LogP contribution in [0.5, 0.6) is 0 Å². The Bertz CT molecular complexity index is 713. The van der Waals surface area contributed by atoms with Crippen molar-refractivity contribution in [3.05, 3.63) is 46.2 Å². The second kappa shape index (κ2) is 6.52. The molecule has 0 aliphatic heterocycles. The number of halogens is 3. The first-order chi connectivity index (χ1) is 11.0. The molecule has 1 heterocycles. The molecule has 1 aromatic heterocycles. The molecule has 1 aliphatic rings. The van der Waals surface area contributed by atoms with Gasteiger partial charge in [-0.05, 0) is 42.9 Å². The van der Waals surface area contributed by atoms with Gasteiger partial charge in [-0.25, -0.2) is 8.78 Å². The largest absolute Gasteiger partial charge is 0.206 e. The Morgan fingerprint density at radius 3 is 2.35 bits per heavy atom. The number of hydrogen-bond acceptors (Lipinski definition) is 2. The molecule has 0 N–H and O–H groups in total. The van der Waals surface area contributed by atoms with Gasteiger partial charge in [-0.1, -0.05) is 43.9 Å². The Balaban J connectivity index is 2.26. The highest BCUT2D eigenvalue weighted by molar-refractivity contribution is 6.32. The van der Waals surface area contributed by atoms with Crippen LogP contribution in [-0.4, -0.2) is 10.2 Å². The van der Waals surface area contributed by atoms with Gasteiger partial charge in [0.1, 0.15) is 11.6 Å². The normalized spacial score (nSPS) is 21.4. The molecular weight excluding hydrogens is 318 g/mol. The van der Waals surface area contributed by atoms with E-state index in [9.17, 15) is 8.78 Å². The first-order valence-corrected chi connectivity index (χ1v) is 8.35. The molecule has 1 fully saturated rings. The van der Waals surface area contributed by atoms with E-state index in [1.54, 1.807) is 0 Å². The summed E-state index contributed by atoms with van der Waals surface area (Å²) in [5.41, 5.74) is 1.82. The Kier molecular flexibility index (Phi) is 4.62. The zero-order valence-electron chi connectivity index (χ0n) is 13.2. The van der Waals surface area contributed by atoms with E-state index in [4.69, 9.17) is 11.6 Å². The summed E-state index contributed by atoms with van der Waals surface area (Å²) in [5.74, 6) is -0.616. The summed E-state index contributed by atoms with van der Waals surface area (Å²) >= 11 is 6.24. The topological polar surface area (TPSA) is 25.8 Å². The van der Waals surface area contributed by atoms with E-state index in [2.05, 4.69) is 17.1 Å². The first-order valence-electron chi connectivity index (χ1n) is 7.97. The molecule has 2 unspecified atom stereocenters. The van der Waals surface area contributed by atoms with E-state index >= 15 is 0 Å². The van der Waals surface area contributed by atoms with Crippen molar-refractivity contribution in [2.24, 2.45) is 5.92 Å². The summed E-state index contributed by atoms with van der Waals surface area (Å²) in [4.78, 5) is 0. The second-order valence-corrected chi connectivity index (χ2v) is 6.69.